The van der Waals surface area contributed by atoms with Crippen molar-refractivity contribution in [2.45, 2.75) is 26.2 Å². The molecule has 128 valence electrons. The largest absolute Gasteiger partial charge is 0.359 e. The average Bonchev–Trinajstić information content (AvgIpc) is 3.32. The van der Waals surface area contributed by atoms with Gasteiger partial charge in [0.05, 0.1) is 16.9 Å². The molecule has 4 rings (SSSR count). The summed E-state index contributed by atoms with van der Waals surface area (Å²) in [6.45, 7) is 3.99. The van der Waals surface area contributed by atoms with Gasteiger partial charge in [-0.05, 0) is 25.3 Å². The molecule has 25 heavy (non-hydrogen) atoms. The number of carbonyl (C=O) groups excluding carboxylic acids is 1. The van der Waals surface area contributed by atoms with Gasteiger partial charge < -0.3 is 15.2 Å². The molecule has 0 atom stereocenters. The molecule has 1 aliphatic rings. The molecule has 0 radical (unpaired) electrons. The highest BCUT2D eigenvalue weighted by Gasteiger charge is 2.19. The fraction of sp³-hybridized carbons (Fsp3) is 0.316. The van der Waals surface area contributed by atoms with Gasteiger partial charge in [-0.25, -0.2) is 9.97 Å². The number of hydrogen-bond donors (Lipinski definition) is 2. The van der Waals surface area contributed by atoms with Gasteiger partial charge in [0, 0.05) is 36.4 Å². The third-order valence-electron chi connectivity index (χ3n) is 4.66. The van der Waals surface area contributed by atoms with Gasteiger partial charge in [-0.2, -0.15) is 0 Å². The smallest absolute Gasteiger partial charge is 0.259 e. The summed E-state index contributed by atoms with van der Waals surface area (Å²) in [6.07, 6.45) is 6.51. The monoisotopic (exact) mass is 335 g/mol. The number of anilines is 2. The molecule has 6 heteroatoms. The number of amides is 1. The van der Waals surface area contributed by atoms with Crippen molar-refractivity contribution in [2.75, 3.05) is 23.3 Å². The predicted octanol–water partition coefficient (Wildman–Crippen LogP) is 3.37. The maximum Gasteiger partial charge on any atom is 0.259 e. The van der Waals surface area contributed by atoms with E-state index >= 15 is 0 Å². The summed E-state index contributed by atoms with van der Waals surface area (Å²) in [6, 6.07) is 7.88. The lowest BCUT2D eigenvalue weighted by Crippen LogP contribution is -2.23. The number of aromatic nitrogens is 3. The van der Waals surface area contributed by atoms with Crippen molar-refractivity contribution in [1.29, 1.82) is 0 Å². The van der Waals surface area contributed by atoms with Crippen LogP contribution in [0.25, 0.3) is 10.9 Å². The number of nitrogens with zero attached hydrogens (tertiary/aromatic N) is 3. The summed E-state index contributed by atoms with van der Waals surface area (Å²) < 4.78 is 0. The predicted molar refractivity (Wildman–Crippen MR) is 99.1 cm³/mol. The Hall–Kier alpha value is -2.89. The zero-order valence-corrected chi connectivity index (χ0v) is 14.2. The minimum atomic E-state index is -0.172. The summed E-state index contributed by atoms with van der Waals surface area (Å²) in [5.74, 6) is 0.563. The Morgan fingerprint density at radius 3 is 2.88 bits per heavy atom. The van der Waals surface area contributed by atoms with Crippen LogP contribution in [0.2, 0.25) is 0 Å². The molecule has 1 amide bonds. The first-order chi connectivity index (χ1) is 12.3. The molecule has 0 spiro atoms. The number of aryl methyl sites for hydroxylation is 1. The SMILES string of the molecule is CCc1nc(N2CCCC2)ncc1C(=O)Nc1c[nH]c2ccccc12. The second kappa shape index (κ2) is 6.55. The number of rotatable bonds is 4. The summed E-state index contributed by atoms with van der Waals surface area (Å²) in [7, 11) is 0. The van der Waals surface area contributed by atoms with Crippen LogP contribution >= 0.6 is 0 Å². The quantitative estimate of drug-likeness (QED) is 0.766. The highest BCUT2D eigenvalue weighted by atomic mass is 16.1. The Morgan fingerprint density at radius 1 is 1.28 bits per heavy atom. The molecular formula is C19H21N5O. The number of benzene rings is 1. The van der Waals surface area contributed by atoms with Crippen LogP contribution in [0.3, 0.4) is 0 Å². The van der Waals surface area contributed by atoms with E-state index in [-0.39, 0.29) is 5.91 Å². The minimum Gasteiger partial charge on any atom is -0.359 e. The Kier molecular flexibility index (Phi) is 4.09. The molecule has 2 aromatic heterocycles. The zero-order chi connectivity index (χ0) is 17.2. The lowest BCUT2D eigenvalue weighted by atomic mass is 10.1. The molecular weight excluding hydrogens is 314 g/mol. The Labute approximate surface area is 146 Å². The van der Waals surface area contributed by atoms with Gasteiger partial charge in [-0.3, -0.25) is 4.79 Å². The van der Waals surface area contributed by atoms with Gasteiger partial charge in [-0.15, -0.1) is 0 Å². The molecule has 0 unspecified atom stereocenters. The van der Waals surface area contributed by atoms with E-state index in [1.807, 2.05) is 37.4 Å². The van der Waals surface area contributed by atoms with Crippen LogP contribution in [0.1, 0.15) is 35.8 Å². The number of carbonyl (C=O) groups is 1. The van der Waals surface area contributed by atoms with E-state index < -0.39 is 0 Å². The summed E-state index contributed by atoms with van der Waals surface area (Å²) in [5.41, 5.74) is 3.09. The van der Waals surface area contributed by atoms with E-state index in [2.05, 4.69) is 25.2 Å². The maximum atomic E-state index is 12.7. The number of hydrogen-bond acceptors (Lipinski definition) is 4. The third-order valence-corrected chi connectivity index (χ3v) is 4.66. The van der Waals surface area contributed by atoms with Gasteiger partial charge in [0.1, 0.15) is 0 Å². The first kappa shape index (κ1) is 15.6. The molecule has 1 saturated heterocycles. The first-order valence-electron chi connectivity index (χ1n) is 8.74. The van der Waals surface area contributed by atoms with Crippen LogP contribution in [0.4, 0.5) is 11.6 Å². The van der Waals surface area contributed by atoms with E-state index in [1.165, 1.54) is 12.8 Å². The lowest BCUT2D eigenvalue weighted by Gasteiger charge is -2.16. The van der Waals surface area contributed by atoms with Crippen molar-refractivity contribution in [3.63, 3.8) is 0 Å². The van der Waals surface area contributed by atoms with Gasteiger partial charge in [0.2, 0.25) is 5.95 Å². The molecule has 1 aliphatic heterocycles. The van der Waals surface area contributed by atoms with Crippen molar-refractivity contribution >= 4 is 28.4 Å². The van der Waals surface area contributed by atoms with Crippen LogP contribution in [0, 0.1) is 0 Å². The molecule has 6 nitrogen and oxygen atoms in total. The van der Waals surface area contributed by atoms with Crippen molar-refractivity contribution in [3.8, 4) is 0 Å². The maximum absolute atomic E-state index is 12.7. The van der Waals surface area contributed by atoms with E-state index in [9.17, 15) is 4.79 Å². The standard InChI is InChI=1S/C19H21N5O/c1-2-15-14(11-21-19(23-15)24-9-5-6-10-24)18(25)22-17-12-20-16-8-4-3-7-13(16)17/h3-4,7-8,11-12,20H,2,5-6,9-10H2,1H3,(H,22,25). The zero-order valence-electron chi connectivity index (χ0n) is 14.2. The fourth-order valence-corrected chi connectivity index (χ4v) is 3.30. The molecule has 0 bridgehead atoms. The van der Waals surface area contributed by atoms with Gasteiger partial charge in [0.15, 0.2) is 0 Å². The van der Waals surface area contributed by atoms with Crippen molar-refractivity contribution in [1.82, 2.24) is 15.0 Å². The van der Waals surface area contributed by atoms with Gasteiger partial charge >= 0.3 is 0 Å². The first-order valence-corrected chi connectivity index (χ1v) is 8.74. The number of nitrogens with one attached hydrogen (secondary N) is 2. The lowest BCUT2D eigenvalue weighted by molar-refractivity contribution is 0.102. The van der Waals surface area contributed by atoms with Crippen LogP contribution in [-0.4, -0.2) is 33.9 Å². The number of aromatic amines is 1. The molecule has 0 aliphatic carbocycles. The highest BCUT2D eigenvalue weighted by Crippen LogP contribution is 2.24. The van der Waals surface area contributed by atoms with E-state index in [4.69, 9.17) is 0 Å². The van der Waals surface area contributed by atoms with Gasteiger partial charge in [-0.1, -0.05) is 25.1 Å². The van der Waals surface area contributed by atoms with Crippen LogP contribution in [0.15, 0.2) is 36.7 Å². The van der Waals surface area contributed by atoms with Crippen molar-refractivity contribution in [3.05, 3.63) is 47.9 Å². The van der Waals surface area contributed by atoms with Crippen molar-refractivity contribution < 1.29 is 4.79 Å². The molecule has 2 N–H and O–H groups in total. The van der Waals surface area contributed by atoms with E-state index in [1.54, 1.807) is 6.20 Å². The van der Waals surface area contributed by atoms with E-state index in [0.717, 1.165) is 41.3 Å². The van der Waals surface area contributed by atoms with Crippen LogP contribution in [0.5, 0.6) is 0 Å². The number of fused-ring (bicyclic) bond motifs is 1. The molecule has 3 heterocycles. The third kappa shape index (κ3) is 2.95. The van der Waals surface area contributed by atoms with Gasteiger partial charge in [0.25, 0.3) is 5.91 Å². The average molecular weight is 335 g/mol. The van der Waals surface area contributed by atoms with Crippen LogP contribution in [-0.2, 0) is 6.42 Å². The molecule has 1 aromatic carbocycles. The second-order valence-corrected chi connectivity index (χ2v) is 6.28. The Bertz CT molecular complexity index is 911. The number of para-hydroxylation sites is 1. The number of H-pyrrole nitrogens is 1. The Morgan fingerprint density at radius 2 is 2.08 bits per heavy atom. The minimum absolute atomic E-state index is 0.172. The summed E-state index contributed by atoms with van der Waals surface area (Å²) >= 11 is 0. The van der Waals surface area contributed by atoms with Crippen molar-refractivity contribution in [2.24, 2.45) is 0 Å². The van der Waals surface area contributed by atoms with E-state index in [0.29, 0.717) is 12.0 Å². The molecule has 0 saturated carbocycles. The summed E-state index contributed by atoms with van der Waals surface area (Å²) in [4.78, 5) is 27.2. The molecule has 1 fully saturated rings. The topological polar surface area (TPSA) is 73.9 Å². The highest BCUT2D eigenvalue weighted by molar-refractivity contribution is 6.09. The molecule has 3 aromatic rings. The second-order valence-electron chi connectivity index (χ2n) is 6.28. The summed E-state index contributed by atoms with van der Waals surface area (Å²) in [5, 5.41) is 3.97. The Balaban J connectivity index is 1.61. The van der Waals surface area contributed by atoms with Crippen LogP contribution < -0.4 is 10.2 Å². The normalized spacial score (nSPS) is 14.2. The fourth-order valence-electron chi connectivity index (χ4n) is 3.30.